The van der Waals surface area contributed by atoms with E-state index in [9.17, 15) is 14.9 Å². The number of carbonyl (C=O) groups excluding carboxylic acids is 1. The van der Waals surface area contributed by atoms with Crippen molar-refractivity contribution in [2.45, 2.75) is 26.3 Å². The monoisotopic (exact) mass is 355 g/mol. The number of amides is 1. The Kier molecular flexibility index (Phi) is 4.82. The molecule has 1 amide bonds. The van der Waals surface area contributed by atoms with Crippen LogP contribution in [0.1, 0.15) is 20.3 Å². The van der Waals surface area contributed by atoms with E-state index >= 15 is 0 Å². The van der Waals surface area contributed by atoms with Gasteiger partial charge in [0.15, 0.2) is 0 Å². The van der Waals surface area contributed by atoms with E-state index < -0.39 is 4.92 Å². The maximum atomic E-state index is 12.0. The molecule has 21 heavy (non-hydrogen) atoms. The fourth-order valence-corrected chi connectivity index (χ4v) is 2.81. The number of likely N-dealkylation sites (tertiary alicyclic amines) is 1. The fraction of sp³-hybridized carbons (Fsp3) is 0.500. The molecule has 0 radical (unpaired) electrons. The fourth-order valence-electron chi connectivity index (χ4n) is 2.45. The van der Waals surface area contributed by atoms with Crippen molar-refractivity contribution in [3.05, 3.63) is 32.8 Å². The van der Waals surface area contributed by atoms with E-state index in [2.05, 4.69) is 21.2 Å². The van der Waals surface area contributed by atoms with Gasteiger partial charge in [-0.2, -0.15) is 0 Å². The van der Waals surface area contributed by atoms with Crippen molar-refractivity contribution in [1.29, 1.82) is 0 Å². The van der Waals surface area contributed by atoms with Gasteiger partial charge in [-0.3, -0.25) is 14.9 Å². The third-order valence-electron chi connectivity index (χ3n) is 3.51. The highest BCUT2D eigenvalue weighted by molar-refractivity contribution is 9.10. The molecule has 1 N–H and O–H groups in total. The lowest BCUT2D eigenvalue weighted by atomic mass is 10.2. The van der Waals surface area contributed by atoms with E-state index in [1.165, 1.54) is 6.07 Å². The Morgan fingerprint density at radius 1 is 1.52 bits per heavy atom. The second kappa shape index (κ2) is 6.43. The molecular formula is C14H18BrN3O3. The summed E-state index contributed by atoms with van der Waals surface area (Å²) >= 11 is 3.32. The van der Waals surface area contributed by atoms with E-state index in [-0.39, 0.29) is 23.6 Å². The number of benzene rings is 1. The third kappa shape index (κ3) is 3.72. The van der Waals surface area contributed by atoms with Gasteiger partial charge in [0.25, 0.3) is 5.69 Å². The van der Waals surface area contributed by atoms with Crippen LogP contribution in [0.5, 0.6) is 0 Å². The lowest BCUT2D eigenvalue weighted by Crippen LogP contribution is -2.34. The van der Waals surface area contributed by atoms with Crippen molar-refractivity contribution in [1.82, 2.24) is 4.90 Å². The first kappa shape index (κ1) is 15.8. The van der Waals surface area contributed by atoms with E-state index in [1.807, 2.05) is 18.7 Å². The second-order valence-corrected chi connectivity index (χ2v) is 6.40. The molecular weight excluding hydrogens is 338 g/mol. The second-order valence-electron chi connectivity index (χ2n) is 5.49. The number of nitro groups is 1. The van der Waals surface area contributed by atoms with Crippen molar-refractivity contribution in [2.24, 2.45) is 5.92 Å². The Bertz CT molecular complexity index is 562. The smallest absolute Gasteiger partial charge is 0.292 e. The molecule has 1 atom stereocenters. The molecule has 1 unspecified atom stereocenters. The minimum absolute atomic E-state index is 0.0241. The van der Waals surface area contributed by atoms with Crippen LogP contribution >= 0.6 is 15.9 Å². The van der Waals surface area contributed by atoms with Gasteiger partial charge < -0.3 is 10.2 Å². The predicted molar refractivity (Wildman–Crippen MR) is 84.2 cm³/mol. The van der Waals surface area contributed by atoms with Gasteiger partial charge >= 0.3 is 0 Å². The molecule has 0 saturated carbocycles. The van der Waals surface area contributed by atoms with Gasteiger partial charge in [0.2, 0.25) is 5.91 Å². The van der Waals surface area contributed by atoms with Gasteiger partial charge in [-0.25, -0.2) is 0 Å². The molecule has 0 aromatic heterocycles. The van der Waals surface area contributed by atoms with Crippen LogP contribution in [0, 0.1) is 16.0 Å². The topological polar surface area (TPSA) is 75.5 Å². The van der Waals surface area contributed by atoms with Crippen LogP contribution in [0.2, 0.25) is 0 Å². The Hall–Kier alpha value is -1.63. The number of halogens is 1. The summed E-state index contributed by atoms with van der Waals surface area (Å²) < 4.78 is 0.781. The van der Waals surface area contributed by atoms with Crippen LogP contribution < -0.4 is 5.32 Å². The van der Waals surface area contributed by atoms with Crippen molar-refractivity contribution in [3.8, 4) is 0 Å². The van der Waals surface area contributed by atoms with Crippen LogP contribution in [0.25, 0.3) is 0 Å². The van der Waals surface area contributed by atoms with Crippen molar-refractivity contribution in [2.75, 3.05) is 18.4 Å². The molecule has 1 aromatic rings. The average molecular weight is 356 g/mol. The lowest BCUT2D eigenvalue weighted by molar-refractivity contribution is -0.384. The molecule has 1 aromatic carbocycles. The van der Waals surface area contributed by atoms with E-state index in [1.54, 1.807) is 12.1 Å². The van der Waals surface area contributed by atoms with Crippen LogP contribution in [0.15, 0.2) is 22.7 Å². The van der Waals surface area contributed by atoms with Crippen molar-refractivity contribution in [3.63, 3.8) is 0 Å². The summed E-state index contributed by atoms with van der Waals surface area (Å²) in [5.41, 5.74) is 0.532. The summed E-state index contributed by atoms with van der Waals surface area (Å²) in [4.78, 5) is 24.4. The SMILES string of the molecule is CC(C)C(=O)N1CCC(Nc2cc(Br)ccc2[N+](=O)[O-])C1. The largest absolute Gasteiger partial charge is 0.375 e. The molecule has 2 rings (SSSR count). The number of anilines is 1. The Morgan fingerprint density at radius 3 is 2.86 bits per heavy atom. The van der Waals surface area contributed by atoms with Gasteiger partial charge in [0, 0.05) is 35.6 Å². The molecule has 0 bridgehead atoms. The summed E-state index contributed by atoms with van der Waals surface area (Å²) in [7, 11) is 0. The van der Waals surface area contributed by atoms with E-state index in [4.69, 9.17) is 0 Å². The number of hydrogen-bond donors (Lipinski definition) is 1. The van der Waals surface area contributed by atoms with Gasteiger partial charge in [0.1, 0.15) is 5.69 Å². The quantitative estimate of drug-likeness (QED) is 0.665. The number of rotatable bonds is 4. The van der Waals surface area contributed by atoms with Gasteiger partial charge in [0.05, 0.1) is 4.92 Å². The summed E-state index contributed by atoms with van der Waals surface area (Å²) in [6.07, 6.45) is 0.794. The lowest BCUT2D eigenvalue weighted by Gasteiger charge is -2.19. The zero-order valence-corrected chi connectivity index (χ0v) is 13.6. The first-order valence-electron chi connectivity index (χ1n) is 6.87. The first-order chi connectivity index (χ1) is 9.88. The molecule has 1 aliphatic heterocycles. The van der Waals surface area contributed by atoms with Crippen LogP contribution in [-0.2, 0) is 4.79 Å². The minimum atomic E-state index is -0.402. The first-order valence-corrected chi connectivity index (χ1v) is 7.67. The van der Waals surface area contributed by atoms with Crippen molar-refractivity contribution < 1.29 is 9.72 Å². The third-order valence-corrected chi connectivity index (χ3v) is 4.00. The normalized spacial score (nSPS) is 18.1. The highest BCUT2D eigenvalue weighted by Crippen LogP contribution is 2.29. The molecule has 0 aliphatic carbocycles. The predicted octanol–water partition coefficient (Wildman–Crippen LogP) is 3.03. The molecule has 1 aliphatic rings. The Balaban J connectivity index is 2.08. The van der Waals surface area contributed by atoms with Crippen molar-refractivity contribution >= 4 is 33.2 Å². The zero-order valence-electron chi connectivity index (χ0n) is 12.0. The molecule has 114 valence electrons. The number of nitrogens with one attached hydrogen (secondary N) is 1. The highest BCUT2D eigenvalue weighted by atomic mass is 79.9. The molecule has 1 saturated heterocycles. The van der Waals surface area contributed by atoms with Crippen LogP contribution in [0.4, 0.5) is 11.4 Å². The maximum Gasteiger partial charge on any atom is 0.292 e. The van der Waals surface area contributed by atoms with Gasteiger partial charge in [-0.05, 0) is 18.6 Å². The number of hydrogen-bond acceptors (Lipinski definition) is 4. The molecule has 1 fully saturated rings. The number of nitrogens with zero attached hydrogens (tertiary/aromatic N) is 2. The van der Waals surface area contributed by atoms with Crippen LogP contribution in [0.3, 0.4) is 0 Å². The summed E-state index contributed by atoms with van der Waals surface area (Å²) in [5.74, 6) is 0.104. The standard InChI is InChI=1S/C14H18BrN3O3/c1-9(2)14(19)17-6-5-11(8-17)16-12-7-10(15)3-4-13(12)18(20)21/h3-4,7,9,11,16H,5-6,8H2,1-2H3. The average Bonchev–Trinajstić information content (AvgIpc) is 2.85. The zero-order chi connectivity index (χ0) is 15.6. The van der Waals surface area contributed by atoms with E-state index in [0.717, 1.165) is 10.9 Å². The summed E-state index contributed by atoms with van der Waals surface area (Å²) in [6, 6.07) is 4.86. The minimum Gasteiger partial charge on any atom is -0.375 e. The number of nitro benzene ring substituents is 1. The molecule has 6 nitrogen and oxygen atoms in total. The highest BCUT2D eigenvalue weighted by Gasteiger charge is 2.28. The number of carbonyl (C=O) groups is 1. The van der Waals surface area contributed by atoms with E-state index in [0.29, 0.717) is 18.8 Å². The van der Waals surface area contributed by atoms with Gasteiger partial charge in [-0.1, -0.05) is 29.8 Å². The van der Waals surface area contributed by atoms with Crippen LogP contribution in [-0.4, -0.2) is 34.9 Å². The molecule has 0 spiro atoms. The molecule has 7 heteroatoms. The summed E-state index contributed by atoms with van der Waals surface area (Å²) in [5, 5.41) is 14.2. The Morgan fingerprint density at radius 2 is 2.24 bits per heavy atom. The Labute approximate surface area is 131 Å². The molecule has 1 heterocycles. The maximum absolute atomic E-state index is 12.0. The summed E-state index contributed by atoms with van der Waals surface area (Å²) in [6.45, 7) is 5.03. The van der Waals surface area contributed by atoms with Gasteiger partial charge in [-0.15, -0.1) is 0 Å².